The van der Waals surface area contributed by atoms with Gasteiger partial charge in [-0.05, 0) is 36.6 Å². The molecule has 0 bridgehead atoms. The number of nitrogens with zero attached hydrogens (tertiary/aromatic N) is 3. The van der Waals surface area contributed by atoms with Gasteiger partial charge in [-0.25, -0.2) is 0 Å². The Kier molecular flexibility index (Phi) is 4.35. The molecule has 0 aliphatic heterocycles. The van der Waals surface area contributed by atoms with E-state index < -0.39 is 0 Å². The molecule has 1 aromatic carbocycles. The zero-order chi connectivity index (χ0) is 13.7. The van der Waals surface area contributed by atoms with Crippen LogP contribution < -0.4 is 0 Å². The average Bonchev–Trinajstić information content (AvgIpc) is 2.87. The monoisotopic (exact) mass is 253 g/mol. The molecule has 1 heterocycles. The summed E-state index contributed by atoms with van der Waals surface area (Å²) in [6.45, 7) is 5.17. The quantitative estimate of drug-likeness (QED) is 0.758. The Hall–Kier alpha value is -2.08. The van der Waals surface area contributed by atoms with Crippen LogP contribution in [0.25, 0.3) is 11.1 Å². The van der Waals surface area contributed by atoms with Gasteiger partial charge in [-0.3, -0.25) is 4.68 Å². The molecule has 0 spiro atoms. The maximum Gasteiger partial charge on any atom is 0.0991 e. The van der Waals surface area contributed by atoms with E-state index in [1.54, 1.807) is 0 Å². The van der Waals surface area contributed by atoms with Crippen molar-refractivity contribution in [1.82, 2.24) is 9.78 Å². The van der Waals surface area contributed by atoms with Crippen molar-refractivity contribution in [2.45, 2.75) is 39.7 Å². The first-order valence-corrected chi connectivity index (χ1v) is 6.77. The van der Waals surface area contributed by atoms with Crippen molar-refractivity contribution >= 4 is 0 Å². The van der Waals surface area contributed by atoms with E-state index in [0.717, 1.165) is 29.7 Å². The lowest BCUT2D eigenvalue weighted by atomic mass is 10.0. The molecule has 2 rings (SSSR count). The van der Waals surface area contributed by atoms with E-state index in [4.69, 9.17) is 5.26 Å². The highest BCUT2D eigenvalue weighted by Gasteiger charge is 2.04. The third kappa shape index (κ3) is 3.45. The molecular weight excluding hydrogens is 234 g/mol. The fourth-order valence-electron chi connectivity index (χ4n) is 2.17. The van der Waals surface area contributed by atoms with Gasteiger partial charge in [0, 0.05) is 18.3 Å². The van der Waals surface area contributed by atoms with Crippen molar-refractivity contribution < 1.29 is 0 Å². The number of aromatic nitrogens is 2. The molecular formula is C16H19N3. The van der Waals surface area contributed by atoms with Crippen molar-refractivity contribution in [1.29, 1.82) is 5.26 Å². The summed E-state index contributed by atoms with van der Waals surface area (Å²) in [7, 11) is 0. The molecule has 0 atom stereocenters. The maximum absolute atomic E-state index is 9.01. The summed E-state index contributed by atoms with van der Waals surface area (Å²) >= 11 is 0. The number of rotatable bonds is 5. The summed E-state index contributed by atoms with van der Waals surface area (Å²) < 4.78 is 1.99. The van der Waals surface area contributed by atoms with Crippen molar-refractivity contribution in [3.63, 3.8) is 0 Å². The summed E-state index contributed by atoms with van der Waals surface area (Å²) in [4.78, 5) is 0. The fraction of sp³-hybridized carbons (Fsp3) is 0.375. The lowest BCUT2D eigenvalue weighted by Crippen LogP contribution is -1.97. The second-order valence-electron chi connectivity index (χ2n) is 4.90. The number of nitriles is 1. The molecule has 0 N–H and O–H groups in total. The SMILES string of the molecule is CCCCCn1cc(-c2cc(C)cc(C#N)c2)cn1. The second-order valence-corrected chi connectivity index (χ2v) is 4.90. The highest BCUT2D eigenvalue weighted by atomic mass is 15.3. The van der Waals surface area contributed by atoms with E-state index in [0.29, 0.717) is 5.56 Å². The molecule has 1 aromatic heterocycles. The third-order valence-corrected chi connectivity index (χ3v) is 3.16. The van der Waals surface area contributed by atoms with Gasteiger partial charge < -0.3 is 0 Å². The van der Waals surface area contributed by atoms with Crippen LogP contribution in [0, 0.1) is 18.3 Å². The Morgan fingerprint density at radius 3 is 2.79 bits per heavy atom. The van der Waals surface area contributed by atoms with E-state index in [1.165, 1.54) is 12.8 Å². The molecule has 0 aliphatic rings. The normalized spacial score (nSPS) is 10.4. The van der Waals surface area contributed by atoms with Gasteiger partial charge in [-0.15, -0.1) is 0 Å². The predicted octanol–water partition coefficient (Wildman–Crippen LogP) is 3.92. The number of hydrogen-bond donors (Lipinski definition) is 0. The summed E-state index contributed by atoms with van der Waals surface area (Å²) in [5.74, 6) is 0. The molecule has 3 nitrogen and oxygen atoms in total. The van der Waals surface area contributed by atoms with Gasteiger partial charge in [0.25, 0.3) is 0 Å². The van der Waals surface area contributed by atoms with Crippen LogP contribution in [-0.2, 0) is 6.54 Å². The van der Waals surface area contributed by atoms with Crippen molar-refractivity contribution in [3.05, 3.63) is 41.7 Å². The van der Waals surface area contributed by atoms with Gasteiger partial charge in [0.15, 0.2) is 0 Å². The smallest absolute Gasteiger partial charge is 0.0991 e. The molecule has 98 valence electrons. The summed E-state index contributed by atoms with van der Waals surface area (Å²) in [6, 6.07) is 8.11. The summed E-state index contributed by atoms with van der Waals surface area (Å²) in [5.41, 5.74) is 3.96. The molecule has 0 fully saturated rings. The number of benzene rings is 1. The zero-order valence-electron chi connectivity index (χ0n) is 11.6. The van der Waals surface area contributed by atoms with Gasteiger partial charge in [0.05, 0.1) is 17.8 Å². The van der Waals surface area contributed by atoms with Crippen LogP contribution in [0.15, 0.2) is 30.6 Å². The lowest BCUT2D eigenvalue weighted by molar-refractivity contribution is 0.553. The third-order valence-electron chi connectivity index (χ3n) is 3.16. The van der Waals surface area contributed by atoms with Crippen LogP contribution >= 0.6 is 0 Å². The Labute approximate surface area is 114 Å². The van der Waals surface area contributed by atoms with E-state index in [-0.39, 0.29) is 0 Å². The predicted molar refractivity (Wildman–Crippen MR) is 76.6 cm³/mol. The Balaban J connectivity index is 2.18. The minimum Gasteiger partial charge on any atom is -0.272 e. The van der Waals surface area contributed by atoms with Crippen LogP contribution in [0.4, 0.5) is 0 Å². The molecule has 0 amide bonds. The topological polar surface area (TPSA) is 41.6 Å². The average molecular weight is 253 g/mol. The number of aryl methyl sites for hydroxylation is 2. The Morgan fingerprint density at radius 2 is 2.05 bits per heavy atom. The molecule has 0 saturated carbocycles. The molecule has 3 heteroatoms. The largest absolute Gasteiger partial charge is 0.272 e. The molecule has 2 aromatic rings. The first kappa shape index (κ1) is 13.4. The van der Waals surface area contributed by atoms with E-state index in [2.05, 4.69) is 30.4 Å². The summed E-state index contributed by atoms with van der Waals surface area (Å²) in [5, 5.41) is 13.4. The van der Waals surface area contributed by atoms with E-state index in [1.807, 2.05) is 29.9 Å². The molecule has 19 heavy (non-hydrogen) atoms. The van der Waals surface area contributed by atoms with Crippen molar-refractivity contribution in [2.24, 2.45) is 0 Å². The molecule has 0 radical (unpaired) electrons. The van der Waals surface area contributed by atoms with Crippen LogP contribution in [0.5, 0.6) is 0 Å². The zero-order valence-corrected chi connectivity index (χ0v) is 11.6. The van der Waals surface area contributed by atoms with Gasteiger partial charge in [0.1, 0.15) is 0 Å². The van der Waals surface area contributed by atoms with E-state index >= 15 is 0 Å². The van der Waals surface area contributed by atoms with Gasteiger partial charge >= 0.3 is 0 Å². The summed E-state index contributed by atoms with van der Waals surface area (Å²) in [6.07, 6.45) is 7.55. The standard InChI is InChI=1S/C16H19N3/c1-3-4-5-6-19-12-16(11-18-19)15-8-13(2)7-14(9-15)10-17/h7-9,11-12H,3-6H2,1-2H3. The van der Waals surface area contributed by atoms with Gasteiger partial charge in [0.2, 0.25) is 0 Å². The molecule has 0 unspecified atom stereocenters. The first-order chi connectivity index (χ1) is 9.22. The minimum absolute atomic E-state index is 0.703. The van der Waals surface area contributed by atoms with Crippen LogP contribution in [-0.4, -0.2) is 9.78 Å². The van der Waals surface area contributed by atoms with Crippen molar-refractivity contribution in [3.8, 4) is 17.2 Å². The maximum atomic E-state index is 9.01. The first-order valence-electron chi connectivity index (χ1n) is 6.77. The van der Waals surface area contributed by atoms with Gasteiger partial charge in [-0.2, -0.15) is 10.4 Å². The number of hydrogen-bond acceptors (Lipinski definition) is 2. The Morgan fingerprint density at radius 1 is 1.21 bits per heavy atom. The molecule has 0 saturated heterocycles. The van der Waals surface area contributed by atoms with Crippen LogP contribution in [0.1, 0.15) is 37.3 Å². The highest BCUT2D eigenvalue weighted by molar-refractivity contribution is 5.64. The Bertz CT molecular complexity index is 590. The highest BCUT2D eigenvalue weighted by Crippen LogP contribution is 2.21. The van der Waals surface area contributed by atoms with Crippen molar-refractivity contribution in [2.75, 3.05) is 0 Å². The van der Waals surface area contributed by atoms with Crippen LogP contribution in [0.3, 0.4) is 0 Å². The van der Waals surface area contributed by atoms with Gasteiger partial charge in [-0.1, -0.05) is 25.8 Å². The number of unbranched alkanes of at least 4 members (excludes halogenated alkanes) is 2. The second kappa shape index (κ2) is 6.19. The van der Waals surface area contributed by atoms with Crippen LogP contribution in [0.2, 0.25) is 0 Å². The fourth-order valence-corrected chi connectivity index (χ4v) is 2.17. The minimum atomic E-state index is 0.703. The van der Waals surface area contributed by atoms with E-state index in [9.17, 15) is 0 Å². The molecule has 0 aliphatic carbocycles. The lowest BCUT2D eigenvalue weighted by Gasteiger charge is -2.01.